The second-order valence-corrected chi connectivity index (χ2v) is 7.17. The summed E-state index contributed by atoms with van der Waals surface area (Å²) in [5, 5.41) is 9.11. The zero-order valence-electron chi connectivity index (χ0n) is 13.0. The fourth-order valence-electron chi connectivity index (χ4n) is 2.95. The third-order valence-corrected chi connectivity index (χ3v) is 4.90. The number of halogens is 1. The number of nitrogens with zero attached hydrogens (tertiary/aromatic N) is 2. The molecule has 1 aliphatic heterocycles. The SMILES string of the molecule is O=C(O)C1CC(=O)N(c2ccc3nc(-c4cccc(I)c4)oc3c2)C1. The molecule has 1 aromatic heterocycles. The standard InChI is InChI=1S/C18H13IN2O4/c19-12-3-1-2-10(6-12)17-20-14-5-4-13(8-15(14)25-17)21-9-11(18(23)24)7-16(21)22/h1-6,8,11H,7,9H2,(H,23,24). The summed E-state index contributed by atoms with van der Waals surface area (Å²) in [4.78, 5) is 29.2. The largest absolute Gasteiger partial charge is 0.481 e. The van der Waals surface area contributed by atoms with Gasteiger partial charge in [-0.2, -0.15) is 0 Å². The summed E-state index contributed by atoms with van der Waals surface area (Å²) in [6, 6.07) is 13.1. The van der Waals surface area contributed by atoms with Gasteiger partial charge >= 0.3 is 5.97 Å². The number of fused-ring (bicyclic) bond motifs is 1. The number of hydrogen-bond donors (Lipinski definition) is 1. The number of aliphatic carboxylic acids is 1. The Morgan fingerprint density at radius 2 is 2.12 bits per heavy atom. The van der Waals surface area contributed by atoms with Crippen LogP contribution < -0.4 is 4.90 Å². The van der Waals surface area contributed by atoms with Crippen molar-refractivity contribution in [3.63, 3.8) is 0 Å². The molecule has 126 valence electrons. The number of amides is 1. The first-order chi connectivity index (χ1) is 12.0. The van der Waals surface area contributed by atoms with E-state index in [4.69, 9.17) is 9.52 Å². The Morgan fingerprint density at radius 3 is 2.84 bits per heavy atom. The number of carbonyl (C=O) groups excluding carboxylic acids is 1. The van der Waals surface area contributed by atoms with E-state index in [-0.39, 0.29) is 18.9 Å². The minimum Gasteiger partial charge on any atom is -0.481 e. The first kappa shape index (κ1) is 16.1. The van der Waals surface area contributed by atoms with Crippen molar-refractivity contribution in [1.29, 1.82) is 0 Å². The normalized spacial score (nSPS) is 17.4. The average molecular weight is 448 g/mol. The first-order valence-electron chi connectivity index (χ1n) is 7.71. The lowest BCUT2D eigenvalue weighted by molar-refractivity contribution is -0.141. The molecule has 1 N–H and O–H groups in total. The summed E-state index contributed by atoms with van der Waals surface area (Å²) < 4.78 is 6.93. The van der Waals surface area contributed by atoms with Crippen molar-refractivity contribution in [3.05, 3.63) is 46.0 Å². The molecule has 7 heteroatoms. The molecule has 1 unspecified atom stereocenters. The van der Waals surface area contributed by atoms with Crippen LogP contribution >= 0.6 is 22.6 Å². The molecule has 1 saturated heterocycles. The lowest BCUT2D eigenvalue weighted by Crippen LogP contribution is -2.25. The smallest absolute Gasteiger partial charge is 0.308 e. The fraction of sp³-hybridized carbons (Fsp3) is 0.167. The predicted molar refractivity (Wildman–Crippen MR) is 100 cm³/mol. The van der Waals surface area contributed by atoms with E-state index in [1.54, 1.807) is 18.2 Å². The molecule has 25 heavy (non-hydrogen) atoms. The van der Waals surface area contributed by atoms with Crippen LogP contribution in [0, 0.1) is 9.49 Å². The van der Waals surface area contributed by atoms with Crippen LogP contribution in [0.3, 0.4) is 0 Å². The fourth-order valence-corrected chi connectivity index (χ4v) is 3.49. The maximum Gasteiger partial charge on any atom is 0.308 e. The number of rotatable bonds is 3. The van der Waals surface area contributed by atoms with E-state index in [9.17, 15) is 9.59 Å². The van der Waals surface area contributed by atoms with Gasteiger partial charge in [0, 0.05) is 33.9 Å². The van der Waals surface area contributed by atoms with Gasteiger partial charge in [-0.25, -0.2) is 4.98 Å². The second kappa shape index (κ2) is 6.14. The molecule has 1 fully saturated rings. The van der Waals surface area contributed by atoms with Crippen LogP contribution in [0.5, 0.6) is 0 Å². The van der Waals surface area contributed by atoms with Gasteiger partial charge in [-0.15, -0.1) is 0 Å². The van der Waals surface area contributed by atoms with E-state index < -0.39 is 11.9 Å². The van der Waals surface area contributed by atoms with Crippen LogP contribution in [0.25, 0.3) is 22.6 Å². The van der Waals surface area contributed by atoms with Gasteiger partial charge in [0.05, 0.1) is 5.92 Å². The third kappa shape index (κ3) is 2.99. The van der Waals surface area contributed by atoms with Crippen molar-refractivity contribution in [1.82, 2.24) is 4.98 Å². The Labute approximate surface area is 156 Å². The van der Waals surface area contributed by atoms with Gasteiger partial charge in [-0.05, 0) is 52.9 Å². The summed E-state index contributed by atoms with van der Waals surface area (Å²) in [6.45, 7) is 0.178. The van der Waals surface area contributed by atoms with Gasteiger partial charge in [0.2, 0.25) is 11.8 Å². The number of carboxylic acids is 1. The highest BCUT2D eigenvalue weighted by molar-refractivity contribution is 14.1. The number of carboxylic acid groups (broad SMARTS) is 1. The maximum absolute atomic E-state index is 12.1. The first-order valence-corrected chi connectivity index (χ1v) is 8.79. The van der Waals surface area contributed by atoms with E-state index in [2.05, 4.69) is 27.6 Å². The average Bonchev–Trinajstić information content (AvgIpc) is 3.17. The lowest BCUT2D eigenvalue weighted by atomic mass is 10.1. The lowest BCUT2D eigenvalue weighted by Gasteiger charge is -2.15. The topological polar surface area (TPSA) is 83.6 Å². The van der Waals surface area contributed by atoms with Crippen molar-refractivity contribution in [2.75, 3.05) is 11.4 Å². The Hall–Kier alpha value is -2.42. The van der Waals surface area contributed by atoms with Crippen molar-refractivity contribution in [2.45, 2.75) is 6.42 Å². The van der Waals surface area contributed by atoms with E-state index in [1.165, 1.54) is 4.90 Å². The van der Waals surface area contributed by atoms with Crippen molar-refractivity contribution in [2.24, 2.45) is 5.92 Å². The minimum absolute atomic E-state index is 0.0253. The molecule has 1 aliphatic rings. The molecule has 6 nitrogen and oxygen atoms in total. The van der Waals surface area contributed by atoms with Gasteiger partial charge in [0.15, 0.2) is 5.58 Å². The van der Waals surface area contributed by atoms with Gasteiger partial charge in [-0.1, -0.05) is 6.07 Å². The summed E-state index contributed by atoms with van der Waals surface area (Å²) in [6.07, 6.45) is 0.0253. The quantitative estimate of drug-likeness (QED) is 0.620. The monoisotopic (exact) mass is 448 g/mol. The van der Waals surface area contributed by atoms with E-state index >= 15 is 0 Å². The summed E-state index contributed by atoms with van der Waals surface area (Å²) >= 11 is 2.23. The minimum atomic E-state index is -0.947. The molecule has 0 bridgehead atoms. The molecule has 2 aromatic carbocycles. The molecular weight excluding hydrogens is 435 g/mol. The highest BCUT2D eigenvalue weighted by Gasteiger charge is 2.35. The molecule has 0 saturated carbocycles. The molecular formula is C18H13IN2O4. The third-order valence-electron chi connectivity index (χ3n) is 4.23. The highest BCUT2D eigenvalue weighted by Crippen LogP contribution is 2.31. The van der Waals surface area contributed by atoms with Crippen molar-refractivity contribution in [3.8, 4) is 11.5 Å². The molecule has 2 heterocycles. The van der Waals surface area contributed by atoms with Crippen LogP contribution in [-0.4, -0.2) is 28.5 Å². The number of oxazole rings is 1. The summed E-state index contributed by atoms with van der Waals surface area (Å²) in [5.41, 5.74) is 2.77. The predicted octanol–water partition coefficient (Wildman–Crippen LogP) is 3.54. The number of carbonyl (C=O) groups is 2. The van der Waals surface area contributed by atoms with Crippen LogP contribution in [-0.2, 0) is 9.59 Å². The molecule has 1 atom stereocenters. The molecule has 4 rings (SSSR count). The van der Waals surface area contributed by atoms with Crippen LogP contribution in [0.2, 0.25) is 0 Å². The Kier molecular flexibility index (Phi) is 3.95. The molecule has 0 radical (unpaired) electrons. The van der Waals surface area contributed by atoms with E-state index in [0.29, 0.717) is 22.7 Å². The molecule has 1 amide bonds. The highest BCUT2D eigenvalue weighted by atomic mass is 127. The van der Waals surface area contributed by atoms with Gasteiger partial charge < -0.3 is 14.4 Å². The van der Waals surface area contributed by atoms with Crippen LogP contribution in [0.15, 0.2) is 46.9 Å². The Bertz CT molecular complexity index is 998. The van der Waals surface area contributed by atoms with Crippen LogP contribution in [0.4, 0.5) is 5.69 Å². The van der Waals surface area contributed by atoms with E-state index in [1.807, 2.05) is 24.3 Å². The summed E-state index contributed by atoms with van der Waals surface area (Å²) in [5.74, 6) is -1.29. The van der Waals surface area contributed by atoms with E-state index in [0.717, 1.165) is 9.13 Å². The Morgan fingerprint density at radius 1 is 1.28 bits per heavy atom. The zero-order chi connectivity index (χ0) is 17.6. The molecule has 3 aromatic rings. The zero-order valence-corrected chi connectivity index (χ0v) is 15.1. The van der Waals surface area contributed by atoms with Crippen molar-refractivity contribution < 1.29 is 19.1 Å². The molecule has 0 spiro atoms. The number of hydrogen-bond acceptors (Lipinski definition) is 4. The Balaban J connectivity index is 1.69. The number of benzene rings is 2. The number of anilines is 1. The van der Waals surface area contributed by atoms with Crippen LogP contribution in [0.1, 0.15) is 6.42 Å². The van der Waals surface area contributed by atoms with Crippen molar-refractivity contribution >= 4 is 51.3 Å². The summed E-state index contributed by atoms with van der Waals surface area (Å²) in [7, 11) is 0. The molecule has 0 aliphatic carbocycles. The van der Waals surface area contributed by atoms with Gasteiger partial charge in [-0.3, -0.25) is 9.59 Å². The second-order valence-electron chi connectivity index (χ2n) is 5.93. The van der Waals surface area contributed by atoms with Gasteiger partial charge in [0.25, 0.3) is 0 Å². The maximum atomic E-state index is 12.1. The van der Waals surface area contributed by atoms with Gasteiger partial charge in [0.1, 0.15) is 5.52 Å². The number of aromatic nitrogens is 1.